The zero-order chi connectivity index (χ0) is 9.46. The normalized spacial score (nSPS) is 18.7. The summed E-state index contributed by atoms with van der Waals surface area (Å²) in [6.07, 6.45) is 0. The molecular weight excluding hydrogens is 199 g/mol. The molecule has 0 aliphatic heterocycles. The maximum Gasteiger partial charge on any atom is 0.0634 e. The molecule has 1 rings (SSSR count). The molecule has 0 bridgehead atoms. The number of rotatable bonds is 0. The van der Waals surface area contributed by atoms with E-state index in [1.165, 1.54) is 0 Å². The van der Waals surface area contributed by atoms with Crippen molar-refractivity contribution < 1.29 is 6.85 Å². The van der Waals surface area contributed by atoms with E-state index in [1.807, 2.05) is 0 Å². The van der Waals surface area contributed by atoms with Gasteiger partial charge in [0.15, 0.2) is 0 Å². The number of benzene rings is 1. The maximum absolute atomic E-state index is 7.30. The summed E-state index contributed by atoms with van der Waals surface area (Å²) in [5.74, 6) is 0. The zero-order valence-electron chi connectivity index (χ0n) is 8.38. The second kappa shape index (κ2) is 2.31. The summed E-state index contributed by atoms with van der Waals surface area (Å²) in [5.41, 5.74) is 0. The minimum Gasteiger partial charge on any atom is -0.0622 e. The molecule has 0 aromatic heterocycles. The Balaban J connectivity index is 3.60. The Bertz CT molecular complexity index is 230. The van der Waals surface area contributed by atoms with Crippen molar-refractivity contribution in [2.75, 3.05) is 0 Å². The first kappa shape index (κ1) is 1.72. The molecule has 7 heavy (non-hydrogen) atoms. The molecule has 0 N–H and O–H groups in total. The van der Waals surface area contributed by atoms with E-state index in [9.17, 15) is 0 Å². The van der Waals surface area contributed by atoms with Crippen LogP contribution in [-0.4, -0.2) is 0 Å². The molecule has 0 nitrogen and oxygen atoms in total. The monoisotopic (exact) mass is 209 g/mol. The van der Waals surface area contributed by atoms with Gasteiger partial charge in [-0.2, -0.15) is 0 Å². The van der Waals surface area contributed by atoms with Gasteiger partial charge < -0.3 is 0 Å². The second-order valence-corrected chi connectivity index (χ2v) is 2.02. The van der Waals surface area contributed by atoms with Gasteiger partial charge in [-0.3, -0.25) is 0 Å². The summed E-state index contributed by atoms with van der Waals surface area (Å²) in [7, 11) is 0. The smallest absolute Gasteiger partial charge is 0.0622 e. The van der Waals surface area contributed by atoms with Crippen molar-refractivity contribution >= 4 is 22.6 Å². The molecule has 1 aromatic rings. The summed E-state index contributed by atoms with van der Waals surface area (Å²) >= 11 is 1.74. The summed E-state index contributed by atoms with van der Waals surface area (Å²) < 4.78 is 36.6. The average Bonchev–Trinajstić information content (AvgIpc) is 2.08. The standard InChI is InChI=1S/C6H5I/c7-6-4-2-1-3-5-6/h1-5H/i1D,2D,3D,4D,5D. The quantitative estimate of drug-likeness (QED) is 0.575. The zero-order valence-corrected chi connectivity index (χ0v) is 5.54. The Morgan fingerprint density at radius 3 is 2.43 bits per heavy atom. The molecule has 0 radical (unpaired) electrons. The summed E-state index contributed by atoms with van der Waals surface area (Å²) in [4.78, 5) is 0. The molecule has 0 saturated heterocycles. The fourth-order valence-corrected chi connectivity index (χ4v) is 0.504. The summed E-state index contributed by atoms with van der Waals surface area (Å²) in [5, 5.41) is 0. The molecule has 0 amide bonds. The molecule has 0 fully saturated rings. The van der Waals surface area contributed by atoms with Crippen LogP contribution in [0.1, 0.15) is 6.85 Å². The van der Waals surface area contributed by atoms with Crippen LogP contribution in [0.15, 0.2) is 30.2 Å². The Hall–Kier alpha value is -0.0500. The van der Waals surface area contributed by atoms with E-state index in [0.29, 0.717) is 0 Å². The van der Waals surface area contributed by atoms with Crippen LogP contribution in [0.4, 0.5) is 0 Å². The van der Waals surface area contributed by atoms with Gasteiger partial charge in [0.1, 0.15) is 0 Å². The van der Waals surface area contributed by atoms with E-state index < -0.39 is 0 Å². The second-order valence-electron chi connectivity index (χ2n) is 0.939. The topological polar surface area (TPSA) is 0 Å². The first-order valence-electron chi connectivity index (χ1n) is 4.19. The van der Waals surface area contributed by atoms with Crippen LogP contribution in [0.2, 0.25) is 0 Å². The van der Waals surface area contributed by atoms with Crippen LogP contribution >= 0.6 is 22.6 Å². The van der Waals surface area contributed by atoms with Crippen LogP contribution in [0, 0.1) is 3.57 Å². The van der Waals surface area contributed by atoms with Gasteiger partial charge in [-0.1, -0.05) is 18.1 Å². The van der Waals surface area contributed by atoms with Gasteiger partial charge in [0.2, 0.25) is 0 Å². The predicted octanol–water partition coefficient (Wildman–Crippen LogP) is 2.29. The molecule has 0 unspecified atom stereocenters. The molecule has 0 saturated carbocycles. The Morgan fingerprint density at radius 2 is 1.86 bits per heavy atom. The molecule has 0 heterocycles. The van der Waals surface area contributed by atoms with E-state index in [4.69, 9.17) is 6.85 Å². The maximum atomic E-state index is 7.30. The first-order valence-corrected chi connectivity index (χ1v) is 2.77. The van der Waals surface area contributed by atoms with Gasteiger partial charge in [0.05, 0.1) is 6.85 Å². The predicted molar refractivity (Wildman–Crippen MR) is 39.2 cm³/mol. The minimum atomic E-state index is -0.342. The SMILES string of the molecule is [2H]c1c([2H])c([2H])c(I)c([2H])c1[2H]. The molecule has 0 aliphatic rings. The lowest BCUT2D eigenvalue weighted by atomic mass is 10.4. The van der Waals surface area contributed by atoms with Crippen molar-refractivity contribution in [1.29, 1.82) is 0 Å². The van der Waals surface area contributed by atoms with E-state index >= 15 is 0 Å². The van der Waals surface area contributed by atoms with Gasteiger partial charge in [-0.15, -0.1) is 0 Å². The Labute approximate surface area is 63.7 Å². The summed E-state index contributed by atoms with van der Waals surface area (Å²) in [6, 6.07) is -1.17. The molecule has 0 atom stereocenters. The fourth-order valence-electron chi connectivity index (χ4n) is 0.235. The van der Waals surface area contributed by atoms with Crippen molar-refractivity contribution in [1.82, 2.24) is 0 Å². The molecule has 1 aromatic carbocycles. The fraction of sp³-hybridized carbons (Fsp3) is 0. The van der Waals surface area contributed by atoms with Crippen molar-refractivity contribution in [2.24, 2.45) is 0 Å². The number of hydrogen-bond donors (Lipinski definition) is 0. The van der Waals surface area contributed by atoms with Crippen molar-refractivity contribution in [3.05, 3.63) is 33.8 Å². The lowest BCUT2D eigenvalue weighted by molar-refractivity contribution is 1.65. The highest BCUT2D eigenvalue weighted by Crippen LogP contribution is 1.99. The van der Waals surface area contributed by atoms with E-state index in [-0.39, 0.29) is 33.8 Å². The summed E-state index contributed by atoms with van der Waals surface area (Å²) in [6.45, 7) is 0. The Morgan fingerprint density at radius 1 is 1.29 bits per heavy atom. The highest BCUT2D eigenvalue weighted by molar-refractivity contribution is 14.1. The van der Waals surface area contributed by atoms with Crippen LogP contribution in [0.25, 0.3) is 0 Å². The van der Waals surface area contributed by atoms with Crippen LogP contribution in [0.3, 0.4) is 0 Å². The largest absolute Gasteiger partial charge is 0.0634 e. The van der Waals surface area contributed by atoms with Crippen molar-refractivity contribution in [2.45, 2.75) is 0 Å². The van der Waals surface area contributed by atoms with Crippen LogP contribution in [-0.2, 0) is 0 Å². The third-order valence-corrected chi connectivity index (χ3v) is 1.01. The van der Waals surface area contributed by atoms with Gasteiger partial charge in [-0.25, -0.2) is 0 Å². The number of hydrogen-bond acceptors (Lipinski definition) is 0. The van der Waals surface area contributed by atoms with Crippen LogP contribution in [0.5, 0.6) is 0 Å². The molecular formula is C6H5I. The first-order chi connectivity index (χ1) is 5.46. The molecule has 36 valence electrons. The number of halogens is 1. The highest BCUT2D eigenvalue weighted by atomic mass is 127. The van der Waals surface area contributed by atoms with Crippen LogP contribution < -0.4 is 0 Å². The van der Waals surface area contributed by atoms with Gasteiger partial charge >= 0.3 is 0 Å². The van der Waals surface area contributed by atoms with Gasteiger partial charge in [0.25, 0.3) is 0 Å². The van der Waals surface area contributed by atoms with Crippen molar-refractivity contribution in [3.63, 3.8) is 0 Å². The van der Waals surface area contributed by atoms with E-state index in [1.54, 1.807) is 22.6 Å². The lowest BCUT2D eigenvalue weighted by Gasteiger charge is -1.80. The van der Waals surface area contributed by atoms with E-state index in [0.717, 1.165) is 0 Å². The Kier molecular flexibility index (Phi) is 0.568. The highest BCUT2D eigenvalue weighted by Gasteiger charge is 1.74. The van der Waals surface area contributed by atoms with Crippen molar-refractivity contribution in [3.8, 4) is 0 Å². The molecule has 1 heteroatoms. The van der Waals surface area contributed by atoms with Gasteiger partial charge in [0, 0.05) is 3.57 Å². The van der Waals surface area contributed by atoms with E-state index in [2.05, 4.69) is 0 Å². The average molecular weight is 209 g/mol. The minimum absolute atomic E-state index is 0.137. The lowest BCUT2D eigenvalue weighted by Crippen LogP contribution is -1.61. The molecule has 0 spiro atoms. The third-order valence-electron chi connectivity index (χ3n) is 0.469. The molecule has 0 aliphatic carbocycles. The third kappa shape index (κ3) is 1.47. The van der Waals surface area contributed by atoms with Gasteiger partial charge in [-0.05, 0) is 34.7 Å².